The maximum absolute atomic E-state index is 9.66. The van der Waals surface area contributed by atoms with E-state index in [-0.39, 0.29) is 59.1 Å². The van der Waals surface area contributed by atoms with E-state index in [9.17, 15) is 36.6 Å². The molecule has 2 atom stereocenters. The molecule has 2 unspecified atom stereocenters. The maximum Gasteiger partial charge on any atom is 1.00 e. The molecule has 16 heteroatoms. The third-order valence-corrected chi connectivity index (χ3v) is 2.48. The Morgan fingerprint density at radius 3 is 0.900 bits per heavy atom. The van der Waals surface area contributed by atoms with Crippen molar-refractivity contribution in [3.63, 3.8) is 0 Å². The molecule has 0 rings (SSSR count). The van der Waals surface area contributed by atoms with E-state index in [0.717, 1.165) is 0 Å². The van der Waals surface area contributed by atoms with E-state index in [4.69, 9.17) is 19.3 Å². The molecule has 0 amide bonds. The normalized spacial score (nSPS) is 13.4. The van der Waals surface area contributed by atoms with Crippen LogP contribution >= 0.6 is 0 Å². The van der Waals surface area contributed by atoms with Crippen molar-refractivity contribution < 1.29 is 115 Å². The predicted octanol–water partition coefficient (Wildman–Crippen LogP) is -12.1. The summed E-state index contributed by atoms with van der Waals surface area (Å²) in [5.41, 5.74) is -5.70. The minimum atomic E-state index is -4.91. The summed E-state index contributed by atoms with van der Waals surface area (Å²) in [5, 5.41) is 34.8. The van der Waals surface area contributed by atoms with Gasteiger partial charge in [0.25, 0.3) is 20.2 Å². The summed E-state index contributed by atoms with van der Waals surface area (Å²) >= 11 is 0. The van der Waals surface area contributed by atoms with Gasteiger partial charge in [-0.3, -0.25) is 9.11 Å². The number of aliphatic hydroxyl groups excluding tert-OH is 2. The SMILES string of the molecule is O=C([O-])C(O)S(=O)(=O)O.O=C([O-])C(O)S(=O)(=O)O.[Na+].[Na+]. The summed E-state index contributed by atoms with van der Waals surface area (Å²) in [4.78, 5) is 18.9. The van der Waals surface area contributed by atoms with Gasteiger partial charge in [-0.25, -0.2) is 0 Å². The minimum Gasteiger partial charge on any atom is -0.546 e. The van der Waals surface area contributed by atoms with Crippen LogP contribution in [0.2, 0.25) is 0 Å². The number of carboxylic acids is 2. The van der Waals surface area contributed by atoms with Gasteiger partial charge in [0.2, 0.25) is 10.9 Å². The molecule has 0 aliphatic heterocycles. The summed E-state index contributed by atoms with van der Waals surface area (Å²) < 4.78 is 54.1. The summed E-state index contributed by atoms with van der Waals surface area (Å²) in [6, 6.07) is 0. The van der Waals surface area contributed by atoms with Gasteiger partial charge in [-0.15, -0.1) is 0 Å². The first-order chi connectivity index (χ1) is 7.71. The summed E-state index contributed by atoms with van der Waals surface area (Å²) in [6.07, 6.45) is 0. The number of carbonyl (C=O) groups excluding carboxylic acids is 2. The molecular weight excluding hydrogens is 350 g/mol. The quantitative estimate of drug-likeness (QED) is 0.272. The standard InChI is InChI=1S/2C2H4O6S.2Na/c2*3-1(4)2(5)9(6,7)8;;/h2*2,5H,(H,3,4)(H,6,7,8);;/q;;2*+1/p-2. The van der Waals surface area contributed by atoms with E-state index in [2.05, 4.69) is 0 Å². The molecule has 0 saturated heterocycles. The molecule has 0 bridgehead atoms. The number of aliphatic hydroxyl groups is 2. The predicted molar refractivity (Wildman–Crippen MR) is 45.1 cm³/mol. The number of hydrogen-bond acceptors (Lipinski definition) is 10. The van der Waals surface area contributed by atoms with E-state index >= 15 is 0 Å². The van der Waals surface area contributed by atoms with Crippen LogP contribution in [0.25, 0.3) is 0 Å². The molecule has 0 aromatic rings. The van der Waals surface area contributed by atoms with E-state index in [1.165, 1.54) is 0 Å². The number of aliphatic carboxylic acids is 2. The van der Waals surface area contributed by atoms with Gasteiger partial charge >= 0.3 is 59.1 Å². The van der Waals surface area contributed by atoms with Crippen LogP contribution in [0, 0.1) is 0 Å². The van der Waals surface area contributed by atoms with Crippen molar-refractivity contribution in [3.8, 4) is 0 Å². The first-order valence-electron chi connectivity index (χ1n) is 3.41. The minimum absolute atomic E-state index is 0. The van der Waals surface area contributed by atoms with Gasteiger partial charge in [0.1, 0.15) is 0 Å². The molecule has 108 valence electrons. The number of carboxylic acid groups (broad SMARTS) is 2. The van der Waals surface area contributed by atoms with Crippen molar-refractivity contribution in [1.29, 1.82) is 0 Å². The summed E-state index contributed by atoms with van der Waals surface area (Å²) in [6.45, 7) is 0. The van der Waals surface area contributed by atoms with Gasteiger partial charge in [-0.05, 0) is 0 Å². The molecule has 12 nitrogen and oxygen atoms in total. The molecule has 0 aliphatic rings. The first kappa shape index (κ1) is 28.8. The van der Waals surface area contributed by atoms with Gasteiger partial charge in [-0.2, -0.15) is 16.8 Å². The molecule has 0 spiro atoms. The Hall–Kier alpha value is 0.680. The van der Waals surface area contributed by atoms with Crippen LogP contribution in [-0.4, -0.2) is 59.0 Å². The van der Waals surface area contributed by atoms with Crippen LogP contribution in [0.4, 0.5) is 0 Å². The van der Waals surface area contributed by atoms with Crippen LogP contribution < -0.4 is 69.3 Å². The van der Waals surface area contributed by atoms with Crippen LogP contribution in [0.3, 0.4) is 0 Å². The van der Waals surface area contributed by atoms with Crippen LogP contribution in [0.1, 0.15) is 0 Å². The molecular formula is C4H6Na2O12S2. The van der Waals surface area contributed by atoms with Gasteiger partial charge < -0.3 is 30.0 Å². The third-order valence-electron chi connectivity index (χ3n) is 0.968. The fourth-order valence-electron chi connectivity index (χ4n) is 0.243. The summed E-state index contributed by atoms with van der Waals surface area (Å²) in [7, 11) is -9.82. The summed E-state index contributed by atoms with van der Waals surface area (Å²) in [5.74, 6) is -4.50. The van der Waals surface area contributed by atoms with Crippen molar-refractivity contribution in [1.82, 2.24) is 0 Å². The van der Waals surface area contributed by atoms with Crippen molar-refractivity contribution in [2.75, 3.05) is 0 Å². The Morgan fingerprint density at radius 1 is 0.750 bits per heavy atom. The van der Waals surface area contributed by atoms with Crippen LogP contribution in [0.15, 0.2) is 0 Å². The zero-order valence-corrected chi connectivity index (χ0v) is 15.7. The average Bonchev–Trinajstić information content (AvgIpc) is 2.13. The number of hydrogen-bond donors (Lipinski definition) is 4. The number of carbonyl (C=O) groups is 2. The molecule has 0 saturated carbocycles. The van der Waals surface area contributed by atoms with Gasteiger partial charge in [0.05, 0.1) is 11.9 Å². The third kappa shape index (κ3) is 13.7. The van der Waals surface area contributed by atoms with E-state index in [1.54, 1.807) is 0 Å². The molecule has 0 radical (unpaired) electrons. The monoisotopic (exact) mass is 356 g/mol. The molecule has 0 heterocycles. The largest absolute Gasteiger partial charge is 1.00 e. The Morgan fingerprint density at radius 2 is 0.900 bits per heavy atom. The van der Waals surface area contributed by atoms with Crippen LogP contribution in [0.5, 0.6) is 0 Å². The van der Waals surface area contributed by atoms with Gasteiger partial charge in [0.15, 0.2) is 0 Å². The fraction of sp³-hybridized carbons (Fsp3) is 0.500. The molecule has 0 fully saturated rings. The Balaban J connectivity index is -0.000000116. The van der Waals surface area contributed by atoms with Crippen molar-refractivity contribution in [2.24, 2.45) is 0 Å². The maximum atomic E-state index is 9.66. The fourth-order valence-corrected chi connectivity index (χ4v) is 0.730. The number of rotatable bonds is 4. The first-order valence-corrected chi connectivity index (χ1v) is 6.42. The topological polar surface area (TPSA) is 229 Å². The average molecular weight is 356 g/mol. The van der Waals surface area contributed by atoms with E-state index in [0.29, 0.717) is 0 Å². The van der Waals surface area contributed by atoms with Crippen molar-refractivity contribution in [2.45, 2.75) is 10.9 Å². The second kappa shape index (κ2) is 11.3. The van der Waals surface area contributed by atoms with Crippen molar-refractivity contribution >= 4 is 32.2 Å². The zero-order chi connectivity index (χ0) is 15.3. The van der Waals surface area contributed by atoms with Crippen LogP contribution in [-0.2, 0) is 29.8 Å². The van der Waals surface area contributed by atoms with E-state index in [1.807, 2.05) is 0 Å². The smallest absolute Gasteiger partial charge is 0.546 e. The Bertz CT molecular complexity index is 460. The Labute approximate surface area is 156 Å². The van der Waals surface area contributed by atoms with Gasteiger partial charge in [-0.1, -0.05) is 0 Å². The van der Waals surface area contributed by atoms with E-state index < -0.39 is 43.0 Å². The van der Waals surface area contributed by atoms with Gasteiger partial charge in [0, 0.05) is 0 Å². The Kier molecular flexibility index (Phi) is 16.2. The molecule has 0 aliphatic carbocycles. The van der Waals surface area contributed by atoms with Crippen molar-refractivity contribution in [3.05, 3.63) is 0 Å². The zero-order valence-electron chi connectivity index (χ0n) is 10.0. The second-order valence-corrected chi connectivity index (χ2v) is 5.33. The molecule has 0 aromatic carbocycles. The molecule has 20 heavy (non-hydrogen) atoms. The second-order valence-electron chi connectivity index (χ2n) is 2.37. The molecule has 0 aromatic heterocycles. The molecule has 4 N–H and O–H groups in total.